The topological polar surface area (TPSA) is 45.0 Å². The monoisotopic (exact) mass is 278 g/mol. The predicted octanol–water partition coefficient (Wildman–Crippen LogP) is 3.99. The third-order valence-corrected chi connectivity index (χ3v) is 3.86. The molecule has 1 aliphatic rings. The van der Waals surface area contributed by atoms with Crippen LogP contribution in [0.25, 0.3) is 0 Å². The highest BCUT2D eigenvalue weighted by atomic mass is 35.5. The molecule has 1 saturated heterocycles. The summed E-state index contributed by atoms with van der Waals surface area (Å²) in [5.41, 5.74) is -0.831. The zero-order valence-corrected chi connectivity index (χ0v) is 12.5. The third-order valence-electron chi connectivity index (χ3n) is 3.62. The molecule has 19 heavy (non-hydrogen) atoms. The number of anilines is 1. The molecule has 0 aliphatic carbocycles. The second-order valence-electron chi connectivity index (χ2n) is 6.20. The van der Waals surface area contributed by atoms with Gasteiger partial charge in [-0.3, -0.25) is 0 Å². The Morgan fingerprint density at radius 3 is 2.47 bits per heavy atom. The van der Waals surface area contributed by atoms with Gasteiger partial charge in [0, 0.05) is 17.1 Å². The van der Waals surface area contributed by atoms with Crippen molar-refractivity contribution in [2.45, 2.75) is 50.9 Å². The molecule has 0 spiro atoms. The smallest absolute Gasteiger partial charge is 0.156 e. The summed E-state index contributed by atoms with van der Waals surface area (Å²) in [7, 11) is 0. The summed E-state index contributed by atoms with van der Waals surface area (Å²) in [4.78, 5) is 0. The molecule has 1 aliphatic heterocycles. The summed E-state index contributed by atoms with van der Waals surface area (Å²) >= 11 is 5.99. The first-order valence-electron chi connectivity index (χ1n) is 6.35. The number of hydrogen-bond donors (Lipinski definition) is 1. The highest BCUT2D eigenvalue weighted by molar-refractivity contribution is 6.30. The van der Waals surface area contributed by atoms with Crippen LogP contribution in [-0.2, 0) is 4.74 Å². The van der Waals surface area contributed by atoms with Gasteiger partial charge in [-0.25, -0.2) is 0 Å². The molecule has 1 N–H and O–H groups in total. The van der Waals surface area contributed by atoms with E-state index in [-0.39, 0.29) is 5.60 Å². The average Bonchev–Trinajstić information content (AvgIpc) is 2.43. The molecular weight excluding hydrogens is 260 g/mol. The van der Waals surface area contributed by atoms with Gasteiger partial charge in [0.1, 0.15) is 0 Å². The van der Waals surface area contributed by atoms with Crippen LogP contribution >= 0.6 is 11.6 Å². The van der Waals surface area contributed by atoms with Crippen LogP contribution in [0.1, 0.15) is 34.1 Å². The highest BCUT2D eigenvalue weighted by Crippen LogP contribution is 2.46. The van der Waals surface area contributed by atoms with Crippen LogP contribution in [0.3, 0.4) is 0 Å². The summed E-state index contributed by atoms with van der Waals surface area (Å²) < 4.78 is 6.03. The van der Waals surface area contributed by atoms with E-state index in [2.05, 4.69) is 11.4 Å². The van der Waals surface area contributed by atoms with Crippen molar-refractivity contribution in [2.24, 2.45) is 0 Å². The summed E-state index contributed by atoms with van der Waals surface area (Å²) in [6, 6.07) is 9.82. The number of ether oxygens (including phenoxy) is 1. The minimum absolute atomic E-state index is 0.329. The lowest BCUT2D eigenvalue weighted by molar-refractivity contribution is -0.0713. The second-order valence-corrected chi connectivity index (χ2v) is 6.64. The van der Waals surface area contributed by atoms with Crippen LogP contribution in [0.4, 0.5) is 5.69 Å². The number of nitriles is 1. The summed E-state index contributed by atoms with van der Waals surface area (Å²) in [5.74, 6) is 0. The molecule has 0 bridgehead atoms. The number of nitrogens with one attached hydrogen (secondary N) is 1. The Kier molecular flexibility index (Phi) is 3.28. The quantitative estimate of drug-likeness (QED) is 0.889. The number of halogens is 1. The van der Waals surface area contributed by atoms with E-state index in [4.69, 9.17) is 16.3 Å². The van der Waals surface area contributed by atoms with Gasteiger partial charge in [-0.1, -0.05) is 17.7 Å². The minimum atomic E-state index is -0.763. The normalized spacial score (nSPS) is 27.8. The van der Waals surface area contributed by atoms with Crippen molar-refractivity contribution in [1.82, 2.24) is 0 Å². The number of benzene rings is 1. The van der Waals surface area contributed by atoms with E-state index in [1.807, 2.05) is 52.0 Å². The molecule has 1 heterocycles. The highest BCUT2D eigenvalue weighted by Gasteiger charge is 2.58. The molecule has 1 aromatic carbocycles. The van der Waals surface area contributed by atoms with Crippen LogP contribution in [0.2, 0.25) is 5.02 Å². The molecule has 2 rings (SSSR count). The van der Waals surface area contributed by atoms with E-state index in [9.17, 15) is 5.26 Å². The van der Waals surface area contributed by atoms with Crippen molar-refractivity contribution in [2.75, 3.05) is 5.32 Å². The van der Waals surface area contributed by atoms with E-state index >= 15 is 0 Å². The van der Waals surface area contributed by atoms with E-state index in [1.165, 1.54) is 0 Å². The molecule has 0 radical (unpaired) electrons. The number of rotatable bonds is 2. The molecule has 0 aromatic heterocycles. The van der Waals surface area contributed by atoms with Gasteiger partial charge in [-0.2, -0.15) is 5.26 Å². The van der Waals surface area contributed by atoms with E-state index < -0.39 is 11.1 Å². The van der Waals surface area contributed by atoms with Crippen molar-refractivity contribution in [3.05, 3.63) is 29.3 Å². The Bertz CT molecular complexity index is 533. The first-order chi connectivity index (χ1) is 8.70. The van der Waals surface area contributed by atoms with Crippen LogP contribution in [0.5, 0.6) is 0 Å². The van der Waals surface area contributed by atoms with Crippen LogP contribution < -0.4 is 5.32 Å². The zero-order chi connectivity index (χ0) is 14.3. The van der Waals surface area contributed by atoms with Gasteiger partial charge in [0.05, 0.1) is 17.3 Å². The Hall–Kier alpha value is -1.24. The fraction of sp³-hybridized carbons (Fsp3) is 0.533. The molecule has 102 valence electrons. The van der Waals surface area contributed by atoms with Crippen LogP contribution in [0, 0.1) is 11.3 Å². The second kappa shape index (κ2) is 4.40. The summed E-state index contributed by atoms with van der Waals surface area (Å²) in [6.45, 7) is 7.91. The van der Waals surface area contributed by atoms with Crippen molar-refractivity contribution < 1.29 is 4.74 Å². The fourth-order valence-electron chi connectivity index (χ4n) is 2.87. The first-order valence-corrected chi connectivity index (χ1v) is 6.73. The maximum atomic E-state index is 9.69. The molecule has 1 unspecified atom stereocenters. The molecule has 0 amide bonds. The van der Waals surface area contributed by atoms with E-state index in [0.717, 1.165) is 5.69 Å². The SMILES string of the molecule is CC1(C)CC(C#N)(Nc2cccc(Cl)c2)C(C)(C)O1. The predicted molar refractivity (Wildman–Crippen MR) is 77.3 cm³/mol. The number of nitrogens with zero attached hydrogens (tertiary/aromatic N) is 1. The van der Waals surface area contributed by atoms with Gasteiger partial charge in [0.15, 0.2) is 5.54 Å². The van der Waals surface area contributed by atoms with Crippen molar-refractivity contribution in [3.8, 4) is 6.07 Å². The third kappa shape index (κ3) is 2.56. The molecule has 1 aromatic rings. The van der Waals surface area contributed by atoms with Crippen molar-refractivity contribution >= 4 is 17.3 Å². The van der Waals surface area contributed by atoms with E-state index in [0.29, 0.717) is 11.4 Å². The zero-order valence-electron chi connectivity index (χ0n) is 11.7. The molecule has 0 saturated carbocycles. The lowest BCUT2D eigenvalue weighted by Gasteiger charge is -2.35. The standard InChI is InChI=1S/C15H19ClN2O/c1-13(2)9-15(10-17,14(3,4)19-13)18-12-7-5-6-11(16)8-12/h5-8,18H,9H2,1-4H3. The van der Waals surface area contributed by atoms with Gasteiger partial charge in [-0.05, 0) is 45.9 Å². The Labute approximate surface area is 119 Å². The molecule has 3 nitrogen and oxygen atoms in total. The maximum absolute atomic E-state index is 9.69. The molecular formula is C15H19ClN2O. The van der Waals surface area contributed by atoms with Crippen LogP contribution in [-0.4, -0.2) is 16.7 Å². The maximum Gasteiger partial charge on any atom is 0.156 e. The van der Waals surface area contributed by atoms with Crippen LogP contribution in [0.15, 0.2) is 24.3 Å². The van der Waals surface area contributed by atoms with Gasteiger partial charge in [0.25, 0.3) is 0 Å². The van der Waals surface area contributed by atoms with Crippen molar-refractivity contribution in [1.29, 1.82) is 5.26 Å². The van der Waals surface area contributed by atoms with Gasteiger partial charge < -0.3 is 10.1 Å². The Morgan fingerprint density at radius 1 is 1.32 bits per heavy atom. The minimum Gasteiger partial charge on any atom is -0.366 e. The fourth-order valence-corrected chi connectivity index (χ4v) is 3.07. The van der Waals surface area contributed by atoms with Gasteiger partial charge in [-0.15, -0.1) is 0 Å². The average molecular weight is 279 g/mol. The summed E-state index contributed by atoms with van der Waals surface area (Å²) in [6.07, 6.45) is 0.621. The molecule has 1 atom stereocenters. The Morgan fingerprint density at radius 2 is 2.00 bits per heavy atom. The molecule has 1 fully saturated rings. The largest absolute Gasteiger partial charge is 0.366 e. The lowest BCUT2D eigenvalue weighted by atomic mass is 9.80. The van der Waals surface area contributed by atoms with Gasteiger partial charge in [0.2, 0.25) is 0 Å². The summed E-state index contributed by atoms with van der Waals surface area (Å²) in [5, 5.41) is 13.7. The van der Waals surface area contributed by atoms with Gasteiger partial charge >= 0.3 is 0 Å². The first kappa shape index (κ1) is 14.2. The van der Waals surface area contributed by atoms with E-state index in [1.54, 1.807) is 0 Å². The number of hydrogen-bond acceptors (Lipinski definition) is 3. The lowest BCUT2D eigenvalue weighted by Crippen LogP contribution is -2.51. The van der Waals surface area contributed by atoms with Crippen molar-refractivity contribution in [3.63, 3.8) is 0 Å². The molecule has 4 heteroatoms. The Balaban J connectivity index is 2.37.